The van der Waals surface area contributed by atoms with E-state index in [1.807, 2.05) is 60.0 Å². The van der Waals surface area contributed by atoms with Crippen LogP contribution < -0.4 is 10.7 Å². The fourth-order valence-corrected chi connectivity index (χ4v) is 4.23. The number of esters is 1. The third-order valence-electron chi connectivity index (χ3n) is 5.21. The molecule has 0 bridgehead atoms. The lowest BCUT2D eigenvalue weighted by molar-refractivity contribution is -0.119. The van der Waals surface area contributed by atoms with Crippen LogP contribution in [-0.4, -0.2) is 23.5 Å². The van der Waals surface area contributed by atoms with Crippen LogP contribution in [0.2, 0.25) is 0 Å². The van der Waals surface area contributed by atoms with E-state index in [1.54, 1.807) is 24.3 Å². The molecule has 0 spiro atoms. The molecule has 1 N–H and O–H groups in total. The molecule has 0 aliphatic carbocycles. The molecule has 0 aliphatic rings. The molecule has 8 heteroatoms. The number of nitrogens with one attached hydrogen (secondary N) is 1. The minimum Gasteiger partial charge on any atom is -0.450 e. The van der Waals surface area contributed by atoms with E-state index in [9.17, 15) is 14.4 Å². The second-order valence-corrected chi connectivity index (χ2v) is 8.43. The van der Waals surface area contributed by atoms with Gasteiger partial charge in [0.2, 0.25) is 5.76 Å². The molecule has 0 saturated heterocycles. The fourth-order valence-electron chi connectivity index (χ4n) is 3.49. The molecule has 0 saturated carbocycles. The Morgan fingerprint density at radius 2 is 1.57 bits per heavy atom. The molecule has 2 aromatic heterocycles. The highest BCUT2D eigenvalue weighted by molar-refractivity contribution is 7.14. The van der Waals surface area contributed by atoms with Crippen molar-refractivity contribution >= 4 is 39.3 Å². The molecule has 0 atom stereocenters. The molecule has 172 valence electrons. The van der Waals surface area contributed by atoms with Crippen LogP contribution in [0.15, 0.2) is 99.5 Å². The van der Waals surface area contributed by atoms with Gasteiger partial charge in [-0.05, 0) is 23.3 Å². The molecule has 0 unspecified atom stereocenters. The van der Waals surface area contributed by atoms with Crippen molar-refractivity contribution < 1.29 is 18.7 Å². The van der Waals surface area contributed by atoms with Crippen LogP contribution in [0, 0.1) is 0 Å². The van der Waals surface area contributed by atoms with Crippen molar-refractivity contribution in [3.8, 4) is 22.4 Å². The first-order valence-electron chi connectivity index (χ1n) is 10.7. The largest absolute Gasteiger partial charge is 0.450 e. The van der Waals surface area contributed by atoms with Crippen LogP contribution in [0.1, 0.15) is 10.6 Å². The van der Waals surface area contributed by atoms with E-state index in [0.717, 1.165) is 28.5 Å². The first kappa shape index (κ1) is 22.2. The summed E-state index contributed by atoms with van der Waals surface area (Å²) < 4.78 is 10.4. The number of hydrogen-bond acceptors (Lipinski definition) is 7. The number of hydrogen-bond donors (Lipinski definition) is 1. The zero-order valence-electron chi connectivity index (χ0n) is 18.3. The maximum atomic E-state index is 12.3. The van der Waals surface area contributed by atoms with Crippen molar-refractivity contribution in [2.24, 2.45) is 0 Å². The fraction of sp³-hybridized carbons (Fsp3) is 0.0370. The Morgan fingerprint density at radius 1 is 0.886 bits per heavy atom. The first-order chi connectivity index (χ1) is 17.1. The maximum Gasteiger partial charge on any atom is 0.374 e. The van der Waals surface area contributed by atoms with Crippen LogP contribution in [0.5, 0.6) is 0 Å². The van der Waals surface area contributed by atoms with Crippen LogP contribution in [0.3, 0.4) is 0 Å². The highest BCUT2D eigenvalue weighted by Crippen LogP contribution is 2.27. The van der Waals surface area contributed by atoms with E-state index in [1.165, 1.54) is 11.3 Å². The predicted octanol–water partition coefficient (Wildman–Crippen LogP) is 5.38. The quantitative estimate of drug-likeness (QED) is 0.326. The van der Waals surface area contributed by atoms with Gasteiger partial charge in [-0.25, -0.2) is 9.78 Å². The molecule has 5 aromatic rings. The summed E-state index contributed by atoms with van der Waals surface area (Å²) in [6.07, 6.45) is 0. The van der Waals surface area contributed by atoms with Crippen molar-refractivity contribution in [2.75, 3.05) is 11.9 Å². The van der Waals surface area contributed by atoms with Crippen molar-refractivity contribution in [3.63, 3.8) is 0 Å². The second kappa shape index (κ2) is 9.74. The van der Waals surface area contributed by atoms with Gasteiger partial charge < -0.3 is 9.15 Å². The van der Waals surface area contributed by atoms with E-state index in [4.69, 9.17) is 9.15 Å². The average molecular weight is 483 g/mol. The molecule has 7 nitrogen and oxygen atoms in total. The van der Waals surface area contributed by atoms with Crippen LogP contribution >= 0.6 is 11.3 Å². The second-order valence-electron chi connectivity index (χ2n) is 7.58. The summed E-state index contributed by atoms with van der Waals surface area (Å²) >= 11 is 1.26. The van der Waals surface area contributed by atoms with Crippen molar-refractivity contribution in [3.05, 3.63) is 106 Å². The van der Waals surface area contributed by atoms with E-state index in [2.05, 4.69) is 10.3 Å². The summed E-state index contributed by atoms with van der Waals surface area (Å²) in [4.78, 5) is 41.1. The lowest BCUT2D eigenvalue weighted by atomic mass is 10.0. The van der Waals surface area contributed by atoms with E-state index in [0.29, 0.717) is 10.5 Å². The van der Waals surface area contributed by atoms with Gasteiger partial charge in [0.25, 0.3) is 5.91 Å². The summed E-state index contributed by atoms with van der Waals surface area (Å²) in [6.45, 7) is -0.546. The Bertz CT molecular complexity index is 1570. The Kier molecular flexibility index (Phi) is 6.19. The first-order valence-corrected chi connectivity index (χ1v) is 11.6. The molecule has 3 aromatic carbocycles. The molecule has 5 rings (SSSR count). The normalized spacial score (nSPS) is 10.7. The summed E-state index contributed by atoms with van der Waals surface area (Å²) in [5.41, 5.74) is 3.77. The molecule has 0 aliphatic heterocycles. The highest BCUT2D eigenvalue weighted by atomic mass is 32.1. The molecule has 0 radical (unpaired) electrons. The number of benzene rings is 3. The summed E-state index contributed by atoms with van der Waals surface area (Å²) in [7, 11) is 0. The Balaban J connectivity index is 1.19. The summed E-state index contributed by atoms with van der Waals surface area (Å²) in [6, 6.07) is 25.7. The zero-order valence-corrected chi connectivity index (χ0v) is 19.1. The van der Waals surface area contributed by atoms with Crippen molar-refractivity contribution in [1.82, 2.24) is 4.98 Å². The Labute approximate surface area is 203 Å². The number of rotatable bonds is 6. The number of nitrogens with zero attached hydrogens (tertiary/aromatic N) is 1. The van der Waals surface area contributed by atoms with E-state index < -0.39 is 18.5 Å². The van der Waals surface area contributed by atoms with E-state index in [-0.39, 0.29) is 16.8 Å². The summed E-state index contributed by atoms with van der Waals surface area (Å²) in [5, 5.41) is 5.19. The predicted molar refractivity (Wildman–Crippen MR) is 134 cm³/mol. The molecule has 1 amide bonds. The van der Waals surface area contributed by atoms with Gasteiger partial charge in [-0.2, -0.15) is 0 Å². The zero-order chi connectivity index (χ0) is 24.2. The number of anilines is 1. The molecule has 2 heterocycles. The van der Waals surface area contributed by atoms with Crippen LogP contribution in [0.4, 0.5) is 5.13 Å². The summed E-state index contributed by atoms with van der Waals surface area (Å²) in [5.74, 6) is -1.72. The minimum atomic E-state index is -0.902. The van der Waals surface area contributed by atoms with E-state index >= 15 is 0 Å². The molecular formula is C27H18N2O5S. The van der Waals surface area contributed by atoms with Gasteiger partial charge >= 0.3 is 5.97 Å². The Morgan fingerprint density at radius 3 is 2.37 bits per heavy atom. The monoisotopic (exact) mass is 482 g/mol. The number of fused-ring (bicyclic) bond motifs is 1. The number of amides is 1. The molecule has 35 heavy (non-hydrogen) atoms. The van der Waals surface area contributed by atoms with Crippen molar-refractivity contribution in [1.29, 1.82) is 0 Å². The Hall–Kier alpha value is -4.56. The number of ether oxygens (including phenoxy) is 1. The van der Waals surface area contributed by atoms with Gasteiger partial charge in [0, 0.05) is 17.0 Å². The molecular weight excluding hydrogens is 464 g/mol. The number of para-hydroxylation sites is 1. The van der Waals surface area contributed by atoms with Crippen molar-refractivity contribution in [2.45, 2.75) is 0 Å². The number of carbonyl (C=O) groups is 2. The highest BCUT2D eigenvalue weighted by Gasteiger charge is 2.16. The topological polar surface area (TPSA) is 98.5 Å². The SMILES string of the molecule is O=C(COC(=O)c1cc(=O)c2ccccc2o1)Nc1nc(-c2ccc(-c3ccccc3)cc2)cs1. The third-order valence-corrected chi connectivity index (χ3v) is 5.97. The standard InChI is InChI=1S/C27H18N2O5S/c30-22-14-24(34-23-9-5-4-8-20(22)23)26(32)33-15-25(31)29-27-28-21(16-35-27)19-12-10-18(11-13-19)17-6-2-1-3-7-17/h1-14,16H,15H2,(H,28,29,31). The van der Waals surface area contributed by atoms with Crippen LogP contribution in [-0.2, 0) is 9.53 Å². The van der Waals surface area contributed by atoms with Gasteiger partial charge in [-0.3, -0.25) is 14.9 Å². The average Bonchev–Trinajstić information content (AvgIpc) is 3.36. The third kappa shape index (κ3) is 5.02. The van der Waals surface area contributed by atoms with Gasteiger partial charge in [0.1, 0.15) is 5.58 Å². The number of thiazole rings is 1. The van der Waals surface area contributed by atoms with Crippen LogP contribution in [0.25, 0.3) is 33.4 Å². The molecule has 0 fully saturated rings. The van der Waals surface area contributed by atoms with Gasteiger partial charge in [-0.15, -0.1) is 11.3 Å². The lowest BCUT2D eigenvalue weighted by Gasteiger charge is -2.05. The number of aromatic nitrogens is 1. The van der Waals surface area contributed by atoms with Gasteiger partial charge in [0.05, 0.1) is 11.1 Å². The minimum absolute atomic E-state index is 0.267. The van der Waals surface area contributed by atoms with Gasteiger partial charge in [0.15, 0.2) is 17.2 Å². The lowest BCUT2D eigenvalue weighted by Crippen LogP contribution is -2.21. The van der Waals surface area contributed by atoms with Gasteiger partial charge in [-0.1, -0.05) is 66.7 Å². The number of carbonyl (C=O) groups excluding carboxylic acids is 2. The smallest absolute Gasteiger partial charge is 0.374 e. The maximum absolute atomic E-state index is 12.3.